The van der Waals surface area contributed by atoms with Crippen LogP contribution in [0.5, 0.6) is 11.5 Å². The summed E-state index contributed by atoms with van der Waals surface area (Å²) in [7, 11) is -3.77. The summed E-state index contributed by atoms with van der Waals surface area (Å²) in [6.45, 7) is 2.78. The predicted molar refractivity (Wildman–Crippen MR) is 113 cm³/mol. The zero-order valence-corrected chi connectivity index (χ0v) is 16.8. The number of hydrogen-bond acceptors (Lipinski definition) is 5. The first-order valence-electron chi connectivity index (χ1n) is 9.12. The van der Waals surface area contributed by atoms with Gasteiger partial charge in [0.1, 0.15) is 18.1 Å². The molecule has 3 aromatic carbocycles. The molecule has 7 heteroatoms. The Morgan fingerprint density at radius 1 is 0.897 bits per heavy atom. The highest BCUT2D eigenvalue weighted by Gasteiger charge is 2.12. The van der Waals surface area contributed by atoms with Crippen LogP contribution in [0.25, 0.3) is 0 Å². The first-order chi connectivity index (χ1) is 14.1. The molecule has 0 aromatic heterocycles. The Morgan fingerprint density at radius 3 is 2.31 bits per heavy atom. The van der Waals surface area contributed by atoms with Gasteiger partial charge in [0.05, 0.1) is 17.7 Å². The molecule has 150 valence electrons. The van der Waals surface area contributed by atoms with Crippen molar-refractivity contribution in [2.24, 2.45) is 5.10 Å². The summed E-state index contributed by atoms with van der Waals surface area (Å²) in [5.41, 5.74) is 1.70. The molecule has 0 amide bonds. The van der Waals surface area contributed by atoms with E-state index in [9.17, 15) is 8.42 Å². The Labute approximate surface area is 170 Å². The summed E-state index contributed by atoms with van der Waals surface area (Å²) in [6.07, 6.45) is 1.42. The Hall–Kier alpha value is -3.32. The lowest BCUT2D eigenvalue weighted by molar-refractivity contribution is 0.306. The third-order valence-corrected chi connectivity index (χ3v) is 5.22. The number of sulfonamides is 1. The van der Waals surface area contributed by atoms with Gasteiger partial charge in [0.15, 0.2) is 0 Å². The minimum atomic E-state index is -3.77. The molecule has 29 heavy (non-hydrogen) atoms. The minimum Gasteiger partial charge on any atom is -0.494 e. The van der Waals surface area contributed by atoms with Crippen molar-refractivity contribution in [3.63, 3.8) is 0 Å². The molecule has 0 spiro atoms. The van der Waals surface area contributed by atoms with Gasteiger partial charge in [-0.25, -0.2) is 4.83 Å². The van der Waals surface area contributed by atoms with Crippen LogP contribution >= 0.6 is 0 Å². The molecule has 6 nitrogen and oxygen atoms in total. The van der Waals surface area contributed by atoms with Gasteiger partial charge < -0.3 is 9.47 Å². The van der Waals surface area contributed by atoms with E-state index in [1.165, 1.54) is 18.3 Å². The summed E-state index contributed by atoms with van der Waals surface area (Å²) in [6, 6.07) is 23.2. The first kappa shape index (κ1) is 20.4. The van der Waals surface area contributed by atoms with Crippen molar-refractivity contribution in [2.75, 3.05) is 6.61 Å². The molecule has 0 atom stereocenters. The molecule has 1 N–H and O–H groups in total. The quantitative estimate of drug-likeness (QED) is 0.428. The van der Waals surface area contributed by atoms with E-state index in [0.717, 1.165) is 5.56 Å². The van der Waals surface area contributed by atoms with Gasteiger partial charge in [-0.2, -0.15) is 13.5 Å². The van der Waals surface area contributed by atoms with E-state index in [1.807, 2.05) is 55.5 Å². The van der Waals surface area contributed by atoms with Gasteiger partial charge in [0, 0.05) is 5.56 Å². The summed E-state index contributed by atoms with van der Waals surface area (Å²) < 4.78 is 35.9. The molecule has 0 aliphatic rings. The van der Waals surface area contributed by atoms with Gasteiger partial charge in [-0.1, -0.05) is 42.5 Å². The third kappa shape index (κ3) is 5.83. The smallest absolute Gasteiger partial charge is 0.276 e. The molecule has 0 aliphatic carbocycles. The number of nitrogens with one attached hydrogen (secondary N) is 1. The van der Waals surface area contributed by atoms with Gasteiger partial charge >= 0.3 is 0 Å². The number of hydrogen-bond donors (Lipinski definition) is 1. The van der Waals surface area contributed by atoms with Gasteiger partial charge in [0.2, 0.25) is 0 Å². The fourth-order valence-corrected chi connectivity index (χ4v) is 3.34. The Balaban J connectivity index is 1.66. The normalized spacial score (nSPS) is 11.3. The predicted octanol–water partition coefficient (Wildman–Crippen LogP) is 3.98. The standard InChI is InChI=1S/C22H22N2O4S/c1-2-27-20-12-14-21(15-13-20)29(25,26)24-23-16-19-10-6-7-11-22(19)28-17-18-8-4-3-5-9-18/h3-16,24H,2,17H2,1H3/b23-16+. The van der Waals surface area contributed by atoms with Gasteiger partial charge in [-0.05, 0) is 48.9 Å². The first-order valence-corrected chi connectivity index (χ1v) is 10.6. The van der Waals surface area contributed by atoms with E-state index in [2.05, 4.69) is 9.93 Å². The maximum Gasteiger partial charge on any atom is 0.276 e. The SMILES string of the molecule is CCOc1ccc(S(=O)(=O)N/N=C/c2ccccc2OCc2ccccc2)cc1. The third-order valence-electron chi connectivity index (χ3n) is 3.98. The van der Waals surface area contributed by atoms with Crippen molar-refractivity contribution in [2.45, 2.75) is 18.4 Å². The Morgan fingerprint density at radius 2 is 1.59 bits per heavy atom. The van der Waals surface area contributed by atoms with E-state index in [4.69, 9.17) is 9.47 Å². The highest BCUT2D eigenvalue weighted by molar-refractivity contribution is 7.89. The molecule has 0 fully saturated rings. The van der Waals surface area contributed by atoms with Gasteiger partial charge in [-0.3, -0.25) is 0 Å². The zero-order chi connectivity index (χ0) is 20.5. The molecule has 0 unspecified atom stereocenters. The Bertz CT molecular complexity index is 1050. The second-order valence-electron chi connectivity index (χ2n) is 6.07. The molecular formula is C22H22N2O4S. The highest BCUT2D eigenvalue weighted by atomic mass is 32.2. The summed E-state index contributed by atoms with van der Waals surface area (Å²) in [5, 5.41) is 3.89. The lowest BCUT2D eigenvalue weighted by atomic mass is 10.2. The average molecular weight is 410 g/mol. The van der Waals surface area contributed by atoms with Crippen molar-refractivity contribution in [3.8, 4) is 11.5 Å². The second kappa shape index (κ2) is 9.75. The number of nitrogens with zero attached hydrogens (tertiary/aromatic N) is 1. The fourth-order valence-electron chi connectivity index (χ4n) is 2.55. The summed E-state index contributed by atoms with van der Waals surface area (Å²) >= 11 is 0. The monoisotopic (exact) mass is 410 g/mol. The number of rotatable bonds is 9. The average Bonchev–Trinajstić information content (AvgIpc) is 2.74. The van der Waals surface area contributed by atoms with E-state index in [0.29, 0.717) is 30.3 Å². The topological polar surface area (TPSA) is 77.0 Å². The Kier molecular flexibility index (Phi) is 6.86. The number of benzene rings is 3. The maximum atomic E-state index is 12.4. The van der Waals surface area contributed by atoms with Crippen LogP contribution in [0.4, 0.5) is 0 Å². The van der Waals surface area contributed by atoms with Crippen molar-refractivity contribution in [3.05, 3.63) is 90.0 Å². The fraction of sp³-hybridized carbons (Fsp3) is 0.136. The number of hydrazone groups is 1. The number of para-hydroxylation sites is 1. The van der Waals surface area contributed by atoms with E-state index in [1.54, 1.807) is 18.2 Å². The van der Waals surface area contributed by atoms with Crippen LogP contribution in [-0.4, -0.2) is 21.2 Å². The van der Waals surface area contributed by atoms with E-state index >= 15 is 0 Å². The second-order valence-corrected chi connectivity index (χ2v) is 7.73. The molecular weight excluding hydrogens is 388 g/mol. The molecule has 0 radical (unpaired) electrons. The maximum absolute atomic E-state index is 12.4. The van der Waals surface area contributed by atoms with Crippen LogP contribution in [-0.2, 0) is 16.6 Å². The van der Waals surface area contributed by atoms with Crippen molar-refractivity contribution in [1.29, 1.82) is 0 Å². The molecule has 0 heterocycles. The van der Waals surface area contributed by atoms with Crippen LogP contribution in [0.15, 0.2) is 88.9 Å². The van der Waals surface area contributed by atoms with E-state index < -0.39 is 10.0 Å². The zero-order valence-electron chi connectivity index (χ0n) is 16.0. The molecule has 0 saturated heterocycles. The van der Waals surface area contributed by atoms with Crippen molar-refractivity contribution in [1.82, 2.24) is 4.83 Å². The lowest BCUT2D eigenvalue weighted by Crippen LogP contribution is -2.18. The van der Waals surface area contributed by atoms with Gasteiger partial charge in [-0.15, -0.1) is 0 Å². The van der Waals surface area contributed by atoms with Crippen LogP contribution in [0, 0.1) is 0 Å². The molecule has 3 rings (SSSR count). The van der Waals surface area contributed by atoms with Crippen molar-refractivity contribution >= 4 is 16.2 Å². The summed E-state index contributed by atoms with van der Waals surface area (Å²) in [4.78, 5) is 2.32. The summed E-state index contributed by atoms with van der Waals surface area (Å²) in [5.74, 6) is 1.22. The largest absolute Gasteiger partial charge is 0.494 e. The lowest BCUT2D eigenvalue weighted by Gasteiger charge is -2.09. The van der Waals surface area contributed by atoms with Crippen LogP contribution in [0.1, 0.15) is 18.1 Å². The molecule has 0 saturated carbocycles. The van der Waals surface area contributed by atoms with Crippen LogP contribution < -0.4 is 14.3 Å². The van der Waals surface area contributed by atoms with Crippen LogP contribution in [0.2, 0.25) is 0 Å². The molecule has 0 aliphatic heterocycles. The highest BCUT2D eigenvalue weighted by Crippen LogP contribution is 2.18. The minimum absolute atomic E-state index is 0.103. The van der Waals surface area contributed by atoms with Gasteiger partial charge in [0.25, 0.3) is 10.0 Å². The van der Waals surface area contributed by atoms with E-state index in [-0.39, 0.29) is 4.90 Å². The van der Waals surface area contributed by atoms with Crippen LogP contribution in [0.3, 0.4) is 0 Å². The molecule has 0 bridgehead atoms. The molecule has 3 aromatic rings. The number of ether oxygens (including phenoxy) is 2. The van der Waals surface area contributed by atoms with Crippen molar-refractivity contribution < 1.29 is 17.9 Å².